The summed E-state index contributed by atoms with van der Waals surface area (Å²) in [5, 5.41) is 9.09. The average Bonchev–Trinajstić information content (AvgIpc) is 2.47. The highest BCUT2D eigenvalue weighted by atomic mass is 79.9. The summed E-state index contributed by atoms with van der Waals surface area (Å²) in [5.74, 6) is 1.86. The fourth-order valence-electron chi connectivity index (χ4n) is 1.90. The Labute approximate surface area is 128 Å². The van der Waals surface area contributed by atoms with E-state index in [1.54, 1.807) is 12.1 Å². The Hall–Kier alpha value is -1.79. The second-order valence-electron chi connectivity index (χ2n) is 4.73. The Morgan fingerprint density at radius 2 is 1.90 bits per heavy atom. The van der Waals surface area contributed by atoms with E-state index in [-0.39, 0.29) is 0 Å². The molecule has 0 fully saturated rings. The number of halogens is 1. The number of nitrogens with zero attached hydrogens (tertiary/aromatic N) is 1. The van der Waals surface area contributed by atoms with Gasteiger partial charge in [0.1, 0.15) is 17.6 Å². The van der Waals surface area contributed by atoms with Crippen LogP contribution >= 0.6 is 15.9 Å². The predicted octanol–water partition coefficient (Wildman–Crippen LogP) is 5.63. The lowest BCUT2D eigenvalue weighted by Gasteiger charge is -2.11. The molecule has 0 radical (unpaired) electrons. The molecule has 0 heterocycles. The van der Waals surface area contributed by atoms with Crippen LogP contribution in [0.3, 0.4) is 0 Å². The average molecular weight is 330 g/mol. The molecule has 0 aromatic heterocycles. The van der Waals surface area contributed by atoms with E-state index in [1.165, 1.54) is 5.56 Å². The molecule has 0 aliphatic rings. The topological polar surface area (TPSA) is 33.0 Å². The number of hydrogen-bond donors (Lipinski definition) is 0. The first-order chi connectivity index (χ1) is 9.63. The molecular weight excluding hydrogens is 314 g/mol. The van der Waals surface area contributed by atoms with Gasteiger partial charge in [0, 0.05) is 4.47 Å². The molecule has 0 amide bonds. The van der Waals surface area contributed by atoms with Gasteiger partial charge in [0.15, 0.2) is 0 Å². The van der Waals surface area contributed by atoms with Gasteiger partial charge >= 0.3 is 0 Å². The standard InChI is InChI=1S/C17H16BrNO/c1-3-12(2)13-5-8-16(9-6-13)20-17-10-15(18)7-4-14(17)11-19/h4-10,12H,3H2,1-2H3. The number of rotatable bonds is 4. The zero-order valence-corrected chi connectivity index (χ0v) is 13.1. The second-order valence-corrected chi connectivity index (χ2v) is 5.65. The zero-order chi connectivity index (χ0) is 14.5. The fourth-order valence-corrected chi connectivity index (χ4v) is 2.24. The number of nitriles is 1. The van der Waals surface area contributed by atoms with E-state index in [2.05, 4.69) is 48.0 Å². The van der Waals surface area contributed by atoms with Gasteiger partial charge in [0.25, 0.3) is 0 Å². The van der Waals surface area contributed by atoms with Crippen molar-refractivity contribution in [1.29, 1.82) is 5.26 Å². The summed E-state index contributed by atoms with van der Waals surface area (Å²) in [6, 6.07) is 15.6. The molecule has 0 bridgehead atoms. The minimum Gasteiger partial charge on any atom is -0.456 e. The normalized spacial score (nSPS) is 11.7. The first-order valence-corrected chi connectivity index (χ1v) is 7.40. The van der Waals surface area contributed by atoms with Crippen molar-refractivity contribution in [2.75, 3.05) is 0 Å². The van der Waals surface area contributed by atoms with Gasteiger partial charge in [0.2, 0.25) is 0 Å². The summed E-state index contributed by atoms with van der Waals surface area (Å²) in [6.07, 6.45) is 1.12. The number of ether oxygens (including phenoxy) is 1. The van der Waals surface area contributed by atoms with Gasteiger partial charge in [-0.25, -0.2) is 0 Å². The molecule has 0 saturated carbocycles. The highest BCUT2D eigenvalue weighted by Gasteiger charge is 2.07. The first-order valence-electron chi connectivity index (χ1n) is 6.61. The Balaban J connectivity index is 2.22. The summed E-state index contributed by atoms with van der Waals surface area (Å²) in [4.78, 5) is 0. The molecule has 0 saturated heterocycles. The molecule has 2 rings (SSSR count). The summed E-state index contributed by atoms with van der Waals surface area (Å²) >= 11 is 3.39. The molecule has 1 unspecified atom stereocenters. The van der Waals surface area contributed by atoms with Gasteiger partial charge in [-0.05, 0) is 48.2 Å². The van der Waals surface area contributed by atoms with E-state index in [0.29, 0.717) is 17.2 Å². The van der Waals surface area contributed by atoms with E-state index < -0.39 is 0 Å². The van der Waals surface area contributed by atoms with Crippen molar-refractivity contribution >= 4 is 15.9 Å². The van der Waals surface area contributed by atoms with Crippen molar-refractivity contribution in [3.8, 4) is 17.6 Å². The Bertz CT molecular complexity index is 628. The maximum atomic E-state index is 9.09. The third-order valence-electron chi connectivity index (χ3n) is 3.35. The van der Waals surface area contributed by atoms with Crippen LogP contribution in [0.25, 0.3) is 0 Å². The van der Waals surface area contributed by atoms with E-state index in [1.807, 2.05) is 18.2 Å². The van der Waals surface area contributed by atoms with Crippen LogP contribution in [0.2, 0.25) is 0 Å². The third-order valence-corrected chi connectivity index (χ3v) is 3.85. The van der Waals surface area contributed by atoms with Crippen LogP contribution in [-0.4, -0.2) is 0 Å². The molecular formula is C17H16BrNO. The fraction of sp³-hybridized carbons (Fsp3) is 0.235. The van der Waals surface area contributed by atoms with E-state index in [4.69, 9.17) is 10.00 Å². The Morgan fingerprint density at radius 1 is 1.20 bits per heavy atom. The van der Waals surface area contributed by atoms with Crippen molar-refractivity contribution in [3.63, 3.8) is 0 Å². The van der Waals surface area contributed by atoms with Crippen LogP contribution in [0.15, 0.2) is 46.9 Å². The predicted molar refractivity (Wildman–Crippen MR) is 84.1 cm³/mol. The molecule has 0 aliphatic heterocycles. The van der Waals surface area contributed by atoms with Gasteiger partial charge in [-0.3, -0.25) is 0 Å². The quantitative estimate of drug-likeness (QED) is 0.728. The molecule has 20 heavy (non-hydrogen) atoms. The summed E-state index contributed by atoms with van der Waals surface area (Å²) in [5.41, 5.74) is 1.83. The van der Waals surface area contributed by atoms with Crippen LogP contribution in [-0.2, 0) is 0 Å². The van der Waals surface area contributed by atoms with Crippen LogP contribution in [0.1, 0.15) is 37.3 Å². The Kier molecular flexibility index (Phi) is 4.81. The van der Waals surface area contributed by atoms with Crippen molar-refractivity contribution in [3.05, 3.63) is 58.1 Å². The van der Waals surface area contributed by atoms with Crippen molar-refractivity contribution < 1.29 is 4.74 Å². The van der Waals surface area contributed by atoms with Gasteiger partial charge in [0.05, 0.1) is 5.56 Å². The van der Waals surface area contributed by atoms with Crippen molar-refractivity contribution in [2.24, 2.45) is 0 Å². The highest BCUT2D eigenvalue weighted by Crippen LogP contribution is 2.29. The van der Waals surface area contributed by atoms with Crippen LogP contribution in [0, 0.1) is 11.3 Å². The maximum absolute atomic E-state index is 9.09. The lowest BCUT2D eigenvalue weighted by Crippen LogP contribution is -1.92. The van der Waals surface area contributed by atoms with Crippen molar-refractivity contribution in [2.45, 2.75) is 26.2 Å². The van der Waals surface area contributed by atoms with Gasteiger partial charge in [-0.15, -0.1) is 0 Å². The van der Waals surface area contributed by atoms with Crippen LogP contribution < -0.4 is 4.74 Å². The van der Waals surface area contributed by atoms with Gasteiger partial charge in [-0.1, -0.05) is 41.9 Å². The zero-order valence-electron chi connectivity index (χ0n) is 11.6. The summed E-state index contributed by atoms with van der Waals surface area (Å²) < 4.78 is 6.69. The molecule has 1 atom stereocenters. The molecule has 0 N–H and O–H groups in total. The minimum absolute atomic E-state index is 0.527. The molecule has 2 nitrogen and oxygen atoms in total. The Morgan fingerprint density at radius 3 is 2.50 bits per heavy atom. The highest BCUT2D eigenvalue weighted by molar-refractivity contribution is 9.10. The SMILES string of the molecule is CCC(C)c1ccc(Oc2cc(Br)ccc2C#N)cc1. The molecule has 0 spiro atoms. The molecule has 2 aromatic carbocycles. The first kappa shape index (κ1) is 14.6. The maximum Gasteiger partial charge on any atom is 0.146 e. The smallest absolute Gasteiger partial charge is 0.146 e. The molecule has 2 aromatic rings. The van der Waals surface area contributed by atoms with Crippen LogP contribution in [0.4, 0.5) is 0 Å². The minimum atomic E-state index is 0.527. The van der Waals surface area contributed by atoms with E-state index >= 15 is 0 Å². The van der Waals surface area contributed by atoms with E-state index in [0.717, 1.165) is 16.6 Å². The number of hydrogen-bond acceptors (Lipinski definition) is 2. The lowest BCUT2D eigenvalue weighted by atomic mass is 9.99. The monoisotopic (exact) mass is 329 g/mol. The summed E-state index contributed by atoms with van der Waals surface area (Å²) in [7, 11) is 0. The third kappa shape index (κ3) is 3.40. The lowest BCUT2D eigenvalue weighted by molar-refractivity contribution is 0.480. The second kappa shape index (κ2) is 6.58. The van der Waals surface area contributed by atoms with Crippen LogP contribution in [0.5, 0.6) is 11.5 Å². The number of benzene rings is 2. The summed E-state index contributed by atoms with van der Waals surface area (Å²) in [6.45, 7) is 4.38. The molecule has 3 heteroatoms. The van der Waals surface area contributed by atoms with E-state index in [9.17, 15) is 0 Å². The molecule has 0 aliphatic carbocycles. The molecule has 102 valence electrons. The van der Waals surface area contributed by atoms with Gasteiger partial charge in [-0.2, -0.15) is 5.26 Å². The van der Waals surface area contributed by atoms with Crippen molar-refractivity contribution in [1.82, 2.24) is 0 Å². The largest absolute Gasteiger partial charge is 0.456 e. The van der Waals surface area contributed by atoms with Gasteiger partial charge < -0.3 is 4.74 Å².